The van der Waals surface area contributed by atoms with Gasteiger partial charge in [-0.2, -0.15) is 0 Å². The highest BCUT2D eigenvalue weighted by molar-refractivity contribution is 5.91. The highest BCUT2D eigenvalue weighted by Crippen LogP contribution is 2.27. The molecule has 0 unspecified atom stereocenters. The topological polar surface area (TPSA) is 48.0 Å². The SMILES string of the molecule is CN1CCN(c2cnc3[nH]cc(-c4ccccc4)c3n2)CC1. The number of likely N-dealkylation sites (N-methyl/N-ethyl adjacent to an activating group) is 1. The third-order valence-electron chi connectivity index (χ3n) is 4.28. The van der Waals surface area contributed by atoms with E-state index in [4.69, 9.17) is 4.98 Å². The summed E-state index contributed by atoms with van der Waals surface area (Å²) in [7, 11) is 2.16. The van der Waals surface area contributed by atoms with Crippen LogP contribution in [0.4, 0.5) is 5.82 Å². The molecule has 0 atom stereocenters. The molecule has 5 heteroatoms. The van der Waals surface area contributed by atoms with Crippen molar-refractivity contribution in [2.24, 2.45) is 0 Å². The van der Waals surface area contributed by atoms with E-state index in [0.29, 0.717) is 0 Å². The van der Waals surface area contributed by atoms with Gasteiger partial charge < -0.3 is 14.8 Å². The number of anilines is 1. The highest BCUT2D eigenvalue weighted by atomic mass is 15.3. The predicted octanol–water partition coefficient (Wildman–Crippen LogP) is 2.38. The average molecular weight is 293 g/mol. The van der Waals surface area contributed by atoms with Crippen LogP contribution in [0.5, 0.6) is 0 Å². The second-order valence-electron chi connectivity index (χ2n) is 5.78. The first-order valence-corrected chi connectivity index (χ1v) is 7.64. The van der Waals surface area contributed by atoms with Crippen LogP contribution in [0, 0.1) is 0 Å². The van der Waals surface area contributed by atoms with Gasteiger partial charge in [-0.1, -0.05) is 30.3 Å². The van der Waals surface area contributed by atoms with Crippen LogP contribution in [-0.4, -0.2) is 53.1 Å². The van der Waals surface area contributed by atoms with Crippen LogP contribution in [0.15, 0.2) is 42.7 Å². The van der Waals surface area contributed by atoms with Crippen LogP contribution in [0.1, 0.15) is 0 Å². The van der Waals surface area contributed by atoms with Crippen molar-refractivity contribution in [3.8, 4) is 11.1 Å². The maximum Gasteiger partial charge on any atom is 0.156 e. The molecule has 4 rings (SSSR count). The Kier molecular flexibility index (Phi) is 3.27. The first-order chi connectivity index (χ1) is 10.8. The zero-order chi connectivity index (χ0) is 14.9. The summed E-state index contributed by atoms with van der Waals surface area (Å²) in [5.74, 6) is 0.970. The number of hydrogen-bond acceptors (Lipinski definition) is 4. The lowest BCUT2D eigenvalue weighted by molar-refractivity contribution is 0.312. The van der Waals surface area contributed by atoms with Crippen LogP contribution < -0.4 is 4.90 Å². The summed E-state index contributed by atoms with van der Waals surface area (Å²) in [6, 6.07) is 10.3. The van der Waals surface area contributed by atoms with Gasteiger partial charge in [-0.25, -0.2) is 9.97 Å². The zero-order valence-corrected chi connectivity index (χ0v) is 12.7. The largest absolute Gasteiger partial charge is 0.353 e. The first-order valence-electron chi connectivity index (χ1n) is 7.64. The number of piperazine rings is 1. The molecule has 1 aromatic carbocycles. The molecule has 0 bridgehead atoms. The van der Waals surface area contributed by atoms with Crippen molar-refractivity contribution in [3.63, 3.8) is 0 Å². The van der Waals surface area contributed by atoms with Gasteiger partial charge >= 0.3 is 0 Å². The predicted molar refractivity (Wildman–Crippen MR) is 89.0 cm³/mol. The summed E-state index contributed by atoms with van der Waals surface area (Å²) in [5.41, 5.74) is 4.07. The van der Waals surface area contributed by atoms with E-state index >= 15 is 0 Å². The van der Waals surface area contributed by atoms with Gasteiger partial charge in [0.15, 0.2) is 5.65 Å². The summed E-state index contributed by atoms with van der Waals surface area (Å²) in [6.07, 6.45) is 3.87. The standard InChI is InChI=1S/C17H19N5/c1-21-7-9-22(10-8-21)15-12-19-17-16(20-15)14(11-18-17)13-5-3-2-4-6-13/h2-6,11-12H,7-10H2,1H3,(H,18,19). The molecule has 0 spiro atoms. The number of nitrogens with one attached hydrogen (secondary N) is 1. The van der Waals surface area contributed by atoms with Crippen molar-refractivity contribution in [2.75, 3.05) is 38.1 Å². The number of rotatable bonds is 2. The molecule has 5 nitrogen and oxygen atoms in total. The molecule has 0 radical (unpaired) electrons. The van der Waals surface area contributed by atoms with Crippen LogP contribution in [-0.2, 0) is 0 Å². The van der Waals surface area contributed by atoms with Crippen molar-refractivity contribution in [1.29, 1.82) is 0 Å². The summed E-state index contributed by atoms with van der Waals surface area (Å²) in [6.45, 7) is 4.14. The van der Waals surface area contributed by atoms with Crippen molar-refractivity contribution in [3.05, 3.63) is 42.7 Å². The summed E-state index contributed by atoms with van der Waals surface area (Å²) in [5, 5.41) is 0. The van der Waals surface area contributed by atoms with Gasteiger partial charge in [0.25, 0.3) is 0 Å². The van der Waals surface area contributed by atoms with Crippen LogP contribution >= 0.6 is 0 Å². The highest BCUT2D eigenvalue weighted by Gasteiger charge is 2.17. The van der Waals surface area contributed by atoms with Crippen molar-refractivity contribution in [1.82, 2.24) is 19.9 Å². The average Bonchev–Trinajstić information content (AvgIpc) is 2.99. The van der Waals surface area contributed by atoms with Crippen molar-refractivity contribution < 1.29 is 0 Å². The molecule has 0 amide bonds. The number of hydrogen-bond donors (Lipinski definition) is 1. The molecular weight excluding hydrogens is 274 g/mol. The third-order valence-corrected chi connectivity index (χ3v) is 4.28. The third kappa shape index (κ3) is 2.33. The molecular formula is C17H19N5. The molecule has 22 heavy (non-hydrogen) atoms. The molecule has 2 aromatic heterocycles. The van der Waals surface area contributed by atoms with E-state index in [9.17, 15) is 0 Å². The molecule has 1 aliphatic rings. The van der Waals surface area contributed by atoms with Crippen molar-refractivity contribution in [2.45, 2.75) is 0 Å². The first kappa shape index (κ1) is 13.3. The Labute approximate surface area is 129 Å². The van der Waals surface area contributed by atoms with Gasteiger partial charge in [-0.05, 0) is 12.6 Å². The Morgan fingerprint density at radius 1 is 1.05 bits per heavy atom. The van der Waals surface area contributed by atoms with Gasteiger partial charge in [-0.15, -0.1) is 0 Å². The van der Waals surface area contributed by atoms with Crippen molar-refractivity contribution >= 4 is 17.0 Å². The molecule has 0 aliphatic carbocycles. The number of aromatic amines is 1. The number of H-pyrrole nitrogens is 1. The molecule has 3 aromatic rings. The molecule has 1 saturated heterocycles. The Morgan fingerprint density at radius 3 is 2.59 bits per heavy atom. The summed E-state index contributed by atoms with van der Waals surface area (Å²) < 4.78 is 0. The van der Waals surface area contributed by atoms with Gasteiger partial charge in [0.1, 0.15) is 11.3 Å². The Hall–Kier alpha value is -2.40. The molecule has 1 fully saturated rings. The van der Waals surface area contributed by atoms with E-state index in [1.54, 1.807) is 0 Å². The normalized spacial score (nSPS) is 16.3. The fourth-order valence-electron chi connectivity index (χ4n) is 2.91. The fraction of sp³-hybridized carbons (Fsp3) is 0.294. The number of nitrogens with zero attached hydrogens (tertiary/aromatic N) is 4. The van der Waals surface area contributed by atoms with Gasteiger partial charge in [-0.3, -0.25) is 0 Å². The van der Waals surface area contributed by atoms with E-state index in [1.165, 1.54) is 5.56 Å². The minimum atomic E-state index is 0.844. The molecule has 1 N–H and O–H groups in total. The van der Waals surface area contributed by atoms with Gasteiger partial charge in [0, 0.05) is 37.9 Å². The van der Waals surface area contributed by atoms with E-state index < -0.39 is 0 Å². The van der Waals surface area contributed by atoms with E-state index in [2.05, 4.69) is 38.9 Å². The number of aromatic nitrogens is 3. The smallest absolute Gasteiger partial charge is 0.156 e. The van der Waals surface area contributed by atoms with E-state index in [-0.39, 0.29) is 0 Å². The second-order valence-corrected chi connectivity index (χ2v) is 5.78. The molecule has 3 heterocycles. The van der Waals surface area contributed by atoms with Crippen LogP contribution in [0.2, 0.25) is 0 Å². The molecule has 0 saturated carbocycles. The minimum Gasteiger partial charge on any atom is -0.353 e. The Balaban J connectivity index is 1.74. The molecule has 1 aliphatic heterocycles. The maximum absolute atomic E-state index is 4.87. The quantitative estimate of drug-likeness (QED) is 0.788. The number of fused-ring (bicyclic) bond motifs is 1. The monoisotopic (exact) mass is 293 g/mol. The van der Waals surface area contributed by atoms with Crippen LogP contribution in [0.25, 0.3) is 22.3 Å². The Morgan fingerprint density at radius 2 is 1.82 bits per heavy atom. The lowest BCUT2D eigenvalue weighted by Gasteiger charge is -2.32. The number of benzene rings is 1. The second kappa shape index (κ2) is 5.42. The maximum atomic E-state index is 4.87. The molecule has 112 valence electrons. The summed E-state index contributed by atoms with van der Waals surface area (Å²) >= 11 is 0. The summed E-state index contributed by atoms with van der Waals surface area (Å²) in [4.78, 5) is 17.3. The lowest BCUT2D eigenvalue weighted by Crippen LogP contribution is -2.44. The Bertz CT molecular complexity index is 772. The van der Waals surface area contributed by atoms with Gasteiger partial charge in [0.05, 0.1) is 6.20 Å². The lowest BCUT2D eigenvalue weighted by atomic mass is 10.1. The minimum absolute atomic E-state index is 0.844. The van der Waals surface area contributed by atoms with Crippen LogP contribution in [0.3, 0.4) is 0 Å². The van der Waals surface area contributed by atoms with E-state index in [1.807, 2.05) is 30.6 Å². The zero-order valence-electron chi connectivity index (χ0n) is 12.7. The van der Waals surface area contributed by atoms with Gasteiger partial charge in [0.2, 0.25) is 0 Å². The fourth-order valence-corrected chi connectivity index (χ4v) is 2.91. The van der Waals surface area contributed by atoms with E-state index in [0.717, 1.165) is 48.7 Å².